The van der Waals surface area contributed by atoms with Gasteiger partial charge in [-0.15, -0.1) is 0 Å². The quantitative estimate of drug-likeness (QED) is 0.657. The molecule has 0 N–H and O–H groups in total. The van der Waals surface area contributed by atoms with Crippen LogP contribution < -0.4 is 4.74 Å². The number of rotatable bonds is 2. The third kappa shape index (κ3) is 3.34. The summed E-state index contributed by atoms with van der Waals surface area (Å²) in [6.45, 7) is 0.308. The van der Waals surface area contributed by atoms with Crippen molar-refractivity contribution in [1.29, 1.82) is 0 Å². The van der Waals surface area contributed by atoms with Gasteiger partial charge in [-0.3, -0.25) is 4.98 Å². The van der Waals surface area contributed by atoms with E-state index < -0.39 is 0 Å². The fourth-order valence-corrected chi connectivity index (χ4v) is 2.20. The van der Waals surface area contributed by atoms with Crippen LogP contribution in [0.2, 0.25) is 5.02 Å². The van der Waals surface area contributed by atoms with Gasteiger partial charge < -0.3 is 4.74 Å². The molecule has 0 radical (unpaired) electrons. The van der Waals surface area contributed by atoms with E-state index >= 15 is 0 Å². The van der Waals surface area contributed by atoms with Gasteiger partial charge in [0.25, 0.3) is 0 Å². The Morgan fingerprint density at radius 3 is 2.81 bits per heavy atom. The molecule has 0 fully saturated rings. The van der Waals surface area contributed by atoms with Gasteiger partial charge in [0.15, 0.2) is 0 Å². The standard InChI is InChI=1S/C18H12ClNO/c19-16-9-1-5-14(13-16)6-4-12-21-17-10-2-7-15-8-3-11-20-18(15)17/h1-3,5,7-11,13H,12H2. The van der Waals surface area contributed by atoms with Gasteiger partial charge in [-0.2, -0.15) is 0 Å². The van der Waals surface area contributed by atoms with Crippen molar-refractivity contribution in [3.8, 4) is 17.6 Å². The largest absolute Gasteiger partial charge is 0.479 e. The summed E-state index contributed by atoms with van der Waals surface area (Å²) >= 11 is 5.91. The molecule has 2 aromatic carbocycles. The first-order chi connectivity index (χ1) is 10.3. The number of para-hydroxylation sites is 1. The van der Waals surface area contributed by atoms with E-state index in [0.717, 1.165) is 22.2 Å². The lowest BCUT2D eigenvalue weighted by Gasteiger charge is -2.05. The van der Waals surface area contributed by atoms with Crippen molar-refractivity contribution < 1.29 is 4.74 Å². The SMILES string of the molecule is Clc1cccc(C#CCOc2cccc3cccnc23)c1. The van der Waals surface area contributed by atoms with Crippen molar-refractivity contribution in [2.24, 2.45) is 0 Å². The van der Waals surface area contributed by atoms with Crippen molar-refractivity contribution in [2.45, 2.75) is 0 Å². The van der Waals surface area contributed by atoms with Crippen molar-refractivity contribution in [3.63, 3.8) is 0 Å². The molecule has 0 aliphatic heterocycles. The maximum Gasteiger partial charge on any atom is 0.149 e. The highest BCUT2D eigenvalue weighted by molar-refractivity contribution is 6.30. The molecular formula is C18H12ClNO. The van der Waals surface area contributed by atoms with Crippen LogP contribution >= 0.6 is 11.6 Å². The van der Waals surface area contributed by atoms with Crippen LogP contribution in [0.4, 0.5) is 0 Å². The highest BCUT2D eigenvalue weighted by Gasteiger charge is 2.01. The van der Waals surface area contributed by atoms with E-state index in [1.807, 2.05) is 54.6 Å². The number of pyridine rings is 1. The summed E-state index contributed by atoms with van der Waals surface area (Å²) in [5, 5.41) is 1.73. The van der Waals surface area contributed by atoms with E-state index in [0.29, 0.717) is 11.6 Å². The molecule has 3 rings (SSSR count). The third-order valence-electron chi connectivity index (χ3n) is 2.95. The molecule has 3 aromatic rings. The Morgan fingerprint density at radius 1 is 1.05 bits per heavy atom. The molecule has 2 nitrogen and oxygen atoms in total. The number of aromatic nitrogens is 1. The number of hydrogen-bond acceptors (Lipinski definition) is 2. The van der Waals surface area contributed by atoms with E-state index in [2.05, 4.69) is 16.8 Å². The molecule has 0 aliphatic carbocycles. The minimum absolute atomic E-state index is 0.308. The van der Waals surface area contributed by atoms with Gasteiger partial charge >= 0.3 is 0 Å². The minimum atomic E-state index is 0.308. The van der Waals surface area contributed by atoms with E-state index in [4.69, 9.17) is 16.3 Å². The van der Waals surface area contributed by atoms with Gasteiger partial charge in [-0.1, -0.05) is 47.7 Å². The van der Waals surface area contributed by atoms with Crippen LogP contribution in [0.5, 0.6) is 5.75 Å². The zero-order valence-corrected chi connectivity index (χ0v) is 12.0. The predicted molar refractivity (Wildman–Crippen MR) is 85.6 cm³/mol. The van der Waals surface area contributed by atoms with Crippen molar-refractivity contribution in [1.82, 2.24) is 4.98 Å². The van der Waals surface area contributed by atoms with Gasteiger partial charge in [0, 0.05) is 22.2 Å². The Labute approximate surface area is 128 Å². The normalized spacial score (nSPS) is 9.95. The first kappa shape index (κ1) is 13.5. The molecule has 0 unspecified atom stereocenters. The highest BCUT2D eigenvalue weighted by Crippen LogP contribution is 2.22. The lowest BCUT2D eigenvalue weighted by atomic mass is 10.2. The maximum absolute atomic E-state index is 5.91. The van der Waals surface area contributed by atoms with Gasteiger partial charge in [0.05, 0.1) is 0 Å². The van der Waals surface area contributed by atoms with Crippen LogP contribution in [0.1, 0.15) is 5.56 Å². The van der Waals surface area contributed by atoms with E-state index in [9.17, 15) is 0 Å². The summed E-state index contributed by atoms with van der Waals surface area (Å²) in [6, 6.07) is 17.2. The average Bonchev–Trinajstić information content (AvgIpc) is 2.52. The lowest BCUT2D eigenvalue weighted by Crippen LogP contribution is -1.95. The second kappa shape index (κ2) is 6.30. The molecule has 21 heavy (non-hydrogen) atoms. The monoisotopic (exact) mass is 293 g/mol. The zero-order valence-electron chi connectivity index (χ0n) is 11.2. The number of hydrogen-bond donors (Lipinski definition) is 0. The third-order valence-corrected chi connectivity index (χ3v) is 3.19. The van der Waals surface area contributed by atoms with Crippen molar-refractivity contribution >= 4 is 22.5 Å². The van der Waals surface area contributed by atoms with Gasteiger partial charge in [-0.25, -0.2) is 0 Å². The number of halogens is 1. The van der Waals surface area contributed by atoms with Crippen molar-refractivity contribution in [3.05, 3.63) is 71.4 Å². The summed E-state index contributed by atoms with van der Waals surface area (Å²) in [4.78, 5) is 4.34. The van der Waals surface area contributed by atoms with Gasteiger partial charge in [-0.05, 0) is 30.3 Å². The lowest BCUT2D eigenvalue weighted by molar-refractivity contribution is 0.374. The van der Waals surface area contributed by atoms with Gasteiger partial charge in [0.1, 0.15) is 17.9 Å². The number of nitrogens with zero attached hydrogens (tertiary/aromatic N) is 1. The molecule has 0 atom stereocenters. The van der Waals surface area contributed by atoms with Gasteiger partial charge in [0.2, 0.25) is 0 Å². The molecule has 102 valence electrons. The Bertz CT molecular complexity index is 828. The molecule has 0 aliphatic rings. The number of ether oxygens (including phenoxy) is 1. The highest BCUT2D eigenvalue weighted by atomic mass is 35.5. The molecule has 0 spiro atoms. The Balaban J connectivity index is 1.73. The van der Waals surface area contributed by atoms with Crippen LogP contribution in [0.3, 0.4) is 0 Å². The summed E-state index contributed by atoms with van der Waals surface area (Å²) in [5.74, 6) is 6.75. The molecule has 1 aromatic heterocycles. The second-order valence-electron chi connectivity index (χ2n) is 4.43. The first-order valence-corrected chi connectivity index (χ1v) is 6.92. The molecule has 0 bridgehead atoms. The van der Waals surface area contributed by atoms with Crippen LogP contribution in [0.15, 0.2) is 60.8 Å². The summed E-state index contributed by atoms with van der Waals surface area (Å²) in [7, 11) is 0. The molecule has 1 heterocycles. The Hall–Kier alpha value is -2.50. The van der Waals surface area contributed by atoms with E-state index in [1.165, 1.54) is 0 Å². The van der Waals surface area contributed by atoms with Crippen molar-refractivity contribution in [2.75, 3.05) is 6.61 Å². The van der Waals surface area contributed by atoms with Crippen LogP contribution in [0, 0.1) is 11.8 Å². The molecule has 0 saturated carbocycles. The first-order valence-electron chi connectivity index (χ1n) is 6.54. The average molecular weight is 294 g/mol. The Kier molecular flexibility index (Phi) is 4.04. The molecule has 0 saturated heterocycles. The minimum Gasteiger partial charge on any atom is -0.479 e. The second-order valence-corrected chi connectivity index (χ2v) is 4.87. The summed E-state index contributed by atoms with van der Waals surface area (Å²) < 4.78 is 5.70. The summed E-state index contributed by atoms with van der Waals surface area (Å²) in [6.07, 6.45) is 1.76. The fourth-order valence-electron chi connectivity index (χ4n) is 2.01. The number of fused-ring (bicyclic) bond motifs is 1. The molecule has 0 amide bonds. The molecular weight excluding hydrogens is 282 g/mol. The van der Waals surface area contributed by atoms with E-state index in [-0.39, 0.29) is 0 Å². The van der Waals surface area contributed by atoms with Crippen LogP contribution in [-0.4, -0.2) is 11.6 Å². The number of benzene rings is 2. The van der Waals surface area contributed by atoms with E-state index in [1.54, 1.807) is 6.20 Å². The predicted octanol–water partition coefficient (Wildman–Crippen LogP) is 4.32. The fraction of sp³-hybridized carbons (Fsp3) is 0.0556. The smallest absolute Gasteiger partial charge is 0.149 e. The van der Waals surface area contributed by atoms with Crippen LogP contribution in [0.25, 0.3) is 10.9 Å². The Morgan fingerprint density at radius 2 is 1.90 bits per heavy atom. The summed E-state index contributed by atoms with van der Waals surface area (Å²) in [5.41, 5.74) is 1.73. The van der Waals surface area contributed by atoms with Crippen LogP contribution in [-0.2, 0) is 0 Å². The maximum atomic E-state index is 5.91. The molecule has 3 heteroatoms. The topological polar surface area (TPSA) is 22.1 Å². The zero-order chi connectivity index (χ0) is 14.5.